The van der Waals surface area contributed by atoms with Crippen molar-refractivity contribution < 1.29 is 4.74 Å². The number of hydrogen-bond donors (Lipinski definition) is 1. The molecule has 0 unspecified atom stereocenters. The molecule has 0 atom stereocenters. The van der Waals surface area contributed by atoms with Crippen LogP contribution in [0.15, 0.2) is 18.2 Å². The lowest BCUT2D eigenvalue weighted by Crippen LogP contribution is -2.29. The summed E-state index contributed by atoms with van der Waals surface area (Å²) in [4.78, 5) is 0. The van der Waals surface area contributed by atoms with E-state index in [4.69, 9.17) is 10.5 Å². The number of fused-ring (bicyclic) bond motifs is 1. The van der Waals surface area contributed by atoms with Gasteiger partial charge in [-0.05, 0) is 43.5 Å². The maximum Gasteiger partial charge on any atom is 0.0878 e. The summed E-state index contributed by atoms with van der Waals surface area (Å²) < 4.78 is 5.69. The van der Waals surface area contributed by atoms with Gasteiger partial charge in [0.1, 0.15) is 0 Å². The highest BCUT2D eigenvalue weighted by Crippen LogP contribution is 2.33. The SMILES string of the molecule is CC1(C)OCCc2ccc(N)cc21. The molecular weight excluding hydrogens is 162 g/mol. The Kier molecular flexibility index (Phi) is 1.81. The van der Waals surface area contributed by atoms with Gasteiger partial charge in [0.05, 0.1) is 12.2 Å². The fourth-order valence-corrected chi connectivity index (χ4v) is 1.87. The Hall–Kier alpha value is -1.02. The van der Waals surface area contributed by atoms with E-state index in [0.29, 0.717) is 0 Å². The second kappa shape index (κ2) is 2.74. The molecule has 1 aliphatic heterocycles. The molecule has 13 heavy (non-hydrogen) atoms. The van der Waals surface area contributed by atoms with Gasteiger partial charge in [-0.25, -0.2) is 0 Å². The highest BCUT2D eigenvalue weighted by Gasteiger charge is 2.27. The second-order valence-electron chi connectivity index (χ2n) is 4.03. The van der Waals surface area contributed by atoms with Gasteiger partial charge in [-0.2, -0.15) is 0 Å². The van der Waals surface area contributed by atoms with E-state index >= 15 is 0 Å². The summed E-state index contributed by atoms with van der Waals surface area (Å²) in [5.74, 6) is 0. The van der Waals surface area contributed by atoms with Crippen molar-refractivity contribution in [2.75, 3.05) is 12.3 Å². The van der Waals surface area contributed by atoms with Crippen molar-refractivity contribution in [3.8, 4) is 0 Å². The molecule has 0 saturated heterocycles. The predicted molar refractivity (Wildman–Crippen MR) is 53.5 cm³/mol. The third kappa shape index (κ3) is 1.42. The monoisotopic (exact) mass is 177 g/mol. The molecule has 1 aromatic rings. The smallest absolute Gasteiger partial charge is 0.0878 e. The lowest BCUT2D eigenvalue weighted by atomic mass is 9.89. The van der Waals surface area contributed by atoms with E-state index in [2.05, 4.69) is 19.9 Å². The van der Waals surface area contributed by atoms with Crippen molar-refractivity contribution in [1.29, 1.82) is 0 Å². The van der Waals surface area contributed by atoms with Gasteiger partial charge in [0.25, 0.3) is 0 Å². The molecule has 2 nitrogen and oxygen atoms in total. The molecular formula is C11H15NO. The molecule has 2 rings (SSSR count). The molecule has 1 heterocycles. The van der Waals surface area contributed by atoms with E-state index in [-0.39, 0.29) is 5.60 Å². The number of benzene rings is 1. The molecule has 0 amide bonds. The fourth-order valence-electron chi connectivity index (χ4n) is 1.87. The highest BCUT2D eigenvalue weighted by molar-refractivity contribution is 5.47. The molecule has 70 valence electrons. The summed E-state index contributed by atoms with van der Waals surface area (Å²) in [6.45, 7) is 4.98. The van der Waals surface area contributed by atoms with Crippen LogP contribution in [0.5, 0.6) is 0 Å². The van der Waals surface area contributed by atoms with Crippen LogP contribution in [0.1, 0.15) is 25.0 Å². The maximum absolute atomic E-state index is 5.75. The minimum absolute atomic E-state index is 0.178. The lowest BCUT2D eigenvalue weighted by Gasteiger charge is -2.33. The highest BCUT2D eigenvalue weighted by atomic mass is 16.5. The second-order valence-corrected chi connectivity index (χ2v) is 4.03. The van der Waals surface area contributed by atoms with E-state index in [1.54, 1.807) is 0 Å². The zero-order chi connectivity index (χ0) is 9.47. The minimum atomic E-state index is -0.178. The summed E-state index contributed by atoms with van der Waals surface area (Å²) in [6, 6.07) is 6.09. The normalized spacial score (nSPS) is 19.5. The predicted octanol–water partition coefficient (Wildman–Crippen LogP) is 2.08. The average molecular weight is 177 g/mol. The third-order valence-corrected chi connectivity index (χ3v) is 2.62. The molecule has 0 bridgehead atoms. The molecule has 0 aliphatic carbocycles. The molecule has 0 aromatic heterocycles. The summed E-state index contributed by atoms with van der Waals surface area (Å²) >= 11 is 0. The molecule has 0 saturated carbocycles. The van der Waals surface area contributed by atoms with Gasteiger partial charge in [-0.3, -0.25) is 0 Å². The van der Waals surface area contributed by atoms with Crippen molar-refractivity contribution in [2.45, 2.75) is 25.9 Å². The number of ether oxygens (including phenoxy) is 1. The number of nitrogens with two attached hydrogens (primary N) is 1. The first-order valence-corrected chi connectivity index (χ1v) is 4.62. The Morgan fingerprint density at radius 3 is 2.92 bits per heavy atom. The van der Waals surface area contributed by atoms with E-state index in [1.165, 1.54) is 11.1 Å². The first-order valence-electron chi connectivity index (χ1n) is 4.62. The number of rotatable bonds is 0. The van der Waals surface area contributed by atoms with Crippen LogP contribution in [-0.4, -0.2) is 6.61 Å². The van der Waals surface area contributed by atoms with Crippen LogP contribution in [0, 0.1) is 0 Å². The van der Waals surface area contributed by atoms with Crippen LogP contribution < -0.4 is 5.73 Å². The van der Waals surface area contributed by atoms with Gasteiger partial charge in [0.15, 0.2) is 0 Å². The topological polar surface area (TPSA) is 35.2 Å². The van der Waals surface area contributed by atoms with Crippen molar-refractivity contribution in [2.24, 2.45) is 0 Å². The molecule has 0 radical (unpaired) electrons. The van der Waals surface area contributed by atoms with E-state index in [1.807, 2.05) is 12.1 Å². The Morgan fingerprint density at radius 1 is 1.38 bits per heavy atom. The van der Waals surface area contributed by atoms with Crippen LogP contribution >= 0.6 is 0 Å². The molecule has 1 aliphatic rings. The minimum Gasteiger partial charge on any atom is -0.399 e. The van der Waals surface area contributed by atoms with Gasteiger partial charge in [0, 0.05) is 5.69 Å². The lowest BCUT2D eigenvalue weighted by molar-refractivity contribution is -0.0314. The summed E-state index contributed by atoms with van der Waals surface area (Å²) in [7, 11) is 0. The summed E-state index contributed by atoms with van der Waals surface area (Å²) in [5.41, 5.74) is 8.99. The van der Waals surface area contributed by atoms with Crippen molar-refractivity contribution in [3.63, 3.8) is 0 Å². The Bertz CT molecular complexity index is 331. The zero-order valence-corrected chi connectivity index (χ0v) is 8.13. The van der Waals surface area contributed by atoms with Crippen LogP contribution in [0.4, 0.5) is 5.69 Å². The number of nitrogen functional groups attached to an aromatic ring is 1. The van der Waals surface area contributed by atoms with Crippen LogP contribution in [0.2, 0.25) is 0 Å². The summed E-state index contributed by atoms with van der Waals surface area (Å²) in [6.07, 6.45) is 0.999. The molecule has 0 spiro atoms. The summed E-state index contributed by atoms with van der Waals surface area (Å²) in [5, 5.41) is 0. The molecule has 2 N–H and O–H groups in total. The first-order chi connectivity index (χ1) is 6.09. The maximum atomic E-state index is 5.75. The first kappa shape index (κ1) is 8.57. The molecule has 2 heteroatoms. The zero-order valence-electron chi connectivity index (χ0n) is 8.13. The molecule has 1 aromatic carbocycles. The van der Waals surface area contributed by atoms with Gasteiger partial charge in [-0.15, -0.1) is 0 Å². The standard InChI is InChI=1S/C11H15NO/c1-11(2)10-7-9(12)4-3-8(10)5-6-13-11/h3-4,7H,5-6,12H2,1-2H3. The van der Waals surface area contributed by atoms with Gasteiger partial charge < -0.3 is 10.5 Å². The van der Waals surface area contributed by atoms with E-state index in [9.17, 15) is 0 Å². The van der Waals surface area contributed by atoms with Crippen molar-refractivity contribution >= 4 is 5.69 Å². The quantitative estimate of drug-likeness (QED) is 0.616. The average Bonchev–Trinajstić information content (AvgIpc) is 2.06. The number of anilines is 1. The number of hydrogen-bond acceptors (Lipinski definition) is 2. The third-order valence-electron chi connectivity index (χ3n) is 2.62. The van der Waals surface area contributed by atoms with Gasteiger partial charge >= 0.3 is 0 Å². The van der Waals surface area contributed by atoms with E-state index < -0.39 is 0 Å². The fraction of sp³-hybridized carbons (Fsp3) is 0.455. The Morgan fingerprint density at radius 2 is 2.15 bits per heavy atom. The van der Waals surface area contributed by atoms with Gasteiger partial charge in [0.2, 0.25) is 0 Å². The van der Waals surface area contributed by atoms with Crippen LogP contribution in [0.25, 0.3) is 0 Å². The Labute approximate surface area is 78.7 Å². The largest absolute Gasteiger partial charge is 0.399 e. The molecule has 0 fully saturated rings. The van der Waals surface area contributed by atoms with Crippen molar-refractivity contribution in [1.82, 2.24) is 0 Å². The Balaban J connectivity index is 2.55. The van der Waals surface area contributed by atoms with Crippen LogP contribution in [0.3, 0.4) is 0 Å². The van der Waals surface area contributed by atoms with Gasteiger partial charge in [-0.1, -0.05) is 6.07 Å². The van der Waals surface area contributed by atoms with Crippen LogP contribution in [-0.2, 0) is 16.8 Å². The van der Waals surface area contributed by atoms with Crippen molar-refractivity contribution in [3.05, 3.63) is 29.3 Å². The van der Waals surface area contributed by atoms with E-state index in [0.717, 1.165) is 18.7 Å².